The predicted molar refractivity (Wildman–Crippen MR) is 87.9 cm³/mol. The normalized spacial score (nSPS) is 14.9. The van der Waals surface area contributed by atoms with E-state index < -0.39 is 0 Å². The van der Waals surface area contributed by atoms with E-state index in [0.717, 1.165) is 36.1 Å². The lowest BCUT2D eigenvalue weighted by Crippen LogP contribution is -2.29. The second kappa shape index (κ2) is 6.29. The molecule has 3 rings (SSSR count). The van der Waals surface area contributed by atoms with Gasteiger partial charge in [0.2, 0.25) is 0 Å². The molecule has 0 radical (unpaired) electrons. The lowest BCUT2D eigenvalue weighted by Gasteiger charge is -2.18. The highest BCUT2D eigenvalue weighted by Crippen LogP contribution is 2.34. The molecular formula is C16H18BrNOS. The van der Waals surface area contributed by atoms with E-state index in [9.17, 15) is 0 Å². The van der Waals surface area contributed by atoms with Crippen molar-refractivity contribution in [1.82, 2.24) is 5.32 Å². The highest BCUT2D eigenvalue weighted by Gasteiger charge is 2.19. The van der Waals surface area contributed by atoms with Crippen LogP contribution in [0.15, 0.2) is 33.4 Å². The highest BCUT2D eigenvalue weighted by atomic mass is 79.9. The van der Waals surface area contributed by atoms with Gasteiger partial charge in [0.05, 0.1) is 6.61 Å². The third kappa shape index (κ3) is 3.08. The van der Waals surface area contributed by atoms with Gasteiger partial charge in [-0.25, -0.2) is 0 Å². The van der Waals surface area contributed by atoms with Crippen LogP contribution >= 0.6 is 27.3 Å². The maximum absolute atomic E-state index is 5.82. The van der Waals surface area contributed by atoms with Crippen molar-refractivity contribution < 1.29 is 4.74 Å². The second-order valence-corrected chi connectivity index (χ2v) is 6.87. The van der Waals surface area contributed by atoms with Crippen molar-refractivity contribution in [2.24, 2.45) is 0 Å². The van der Waals surface area contributed by atoms with Crippen molar-refractivity contribution in [1.29, 1.82) is 0 Å². The van der Waals surface area contributed by atoms with Gasteiger partial charge in [0.1, 0.15) is 5.75 Å². The third-order valence-electron chi connectivity index (χ3n) is 3.76. The molecule has 1 unspecified atom stereocenters. The molecule has 1 atom stereocenters. The van der Waals surface area contributed by atoms with Gasteiger partial charge >= 0.3 is 0 Å². The Hall–Kier alpha value is -0.840. The number of rotatable bonds is 5. The van der Waals surface area contributed by atoms with Crippen LogP contribution in [-0.2, 0) is 19.3 Å². The first-order valence-electron chi connectivity index (χ1n) is 6.88. The van der Waals surface area contributed by atoms with Crippen molar-refractivity contribution in [3.63, 3.8) is 0 Å². The zero-order chi connectivity index (χ0) is 13.9. The largest absolute Gasteiger partial charge is 0.493 e. The number of hydrogen-bond donors (Lipinski definition) is 1. The first kappa shape index (κ1) is 14.1. The van der Waals surface area contributed by atoms with E-state index in [1.807, 2.05) is 7.05 Å². The summed E-state index contributed by atoms with van der Waals surface area (Å²) in [4.78, 5) is 0. The van der Waals surface area contributed by atoms with Gasteiger partial charge in [0.25, 0.3) is 0 Å². The molecule has 0 bridgehead atoms. The molecule has 0 saturated heterocycles. The van der Waals surface area contributed by atoms with Crippen molar-refractivity contribution >= 4 is 27.3 Å². The summed E-state index contributed by atoms with van der Waals surface area (Å²) in [5.41, 5.74) is 4.04. The number of thiophene rings is 1. The molecule has 106 valence electrons. The summed E-state index contributed by atoms with van der Waals surface area (Å²) in [6.45, 7) is 0.813. The highest BCUT2D eigenvalue weighted by molar-refractivity contribution is 9.10. The second-order valence-electron chi connectivity index (χ2n) is 5.18. The SMILES string of the molecule is CNC(Cc1ccsc1)Cc1cc(Br)cc2c1OCC2. The number of benzene rings is 1. The van der Waals surface area contributed by atoms with Crippen molar-refractivity contribution in [3.8, 4) is 5.75 Å². The van der Waals surface area contributed by atoms with Crippen LogP contribution in [-0.4, -0.2) is 19.7 Å². The van der Waals surface area contributed by atoms with E-state index >= 15 is 0 Å². The van der Waals surface area contributed by atoms with Crippen LogP contribution in [0, 0.1) is 0 Å². The fourth-order valence-corrected chi connectivity index (χ4v) is 3.97. The van der Waals surface area contributed by atoms with E-state index in [0.29, 0.717) is 6.04 Å². The number of likely N-dealkylation sites (N-methyl/N-ethyl adjacent to an activating group) is 1. The molecule has 20 heavy (non-hydrogen) atoms. The molecule has 0 amide bonds. The Morgan fingerprint density at radius 2 is 2.30 bits per heavy atom. The Morgan fingerprint density at radius 3 is 3.05 bits per heavy atom. The van der Waals surface area contributed by atoms with Crippen molar-refractivity contribution in [3.05, 3.63) is 50.1 Å². The molecule has 1 aliphatic heterocycles. The first-order chi connectivity index (χ1) is 9.76. The summed E-state index contributed by atoms with van der Waals surface area (Å²) in [6.07, 6.45) is 3.08. The fourth-order valence-electron chi connectivity index (χ4n) is 2.73. The summed E-state index contributed by atoms with van der Waals surface area (Å²) in [5, 5.41) is 7.80. The Balaban J connectivity index is 1.79. The quantitative estimate of drug-likeness (QED) is 0.883. The molecule has 0 aliphatic carbocycles. The topological polar surface area (TPSA) is 21.3 Å². The van der Waals surface area contributed by atoms with Gasteiger partial charge in [-0.1, -0.05) is 15.9 Å². The van der Waals surface area contributed by atoms with Gasteiger partial charge in [-0.2, -0.15) is 11.3 Å². The molecule has 2 heterocycles. The Bertz CT molecular complexity index is 582. The van der Waals surface area contributed by atoms with E-state index in [1.54, 1.807) is 11.3 Å². The van der Waals surface area contributed by atoms with E-state index in [4.69, 9.17) is 4.74 Å². The lowest BCUT2D eigenvalue weighted by atomic mass is 9.98. The molecule has 1 aromatic heterocycles. The van der Waals surface area contributed by atoms with Crippen molar-refractivity contribution in [2.75, 3.05) is 13.7 Å². The standard InChI is InChI=1S/C16H18BrNOS/c1-18-15(6-11-3-5-20-10-11)9-13-8-14(17)7-12-2-4-19-16(12)13/h3,5,7-8,10,15,18H,2,4,6,9H2,1H3. The third-order valence-corrected chi connectivity index (χ3v) is 4.95. The number of hydrogen-bond acceptors (Lipinski definition) is 3. The molecule has 2 nitrogen and oxygen atoms in total. The minimum absolute atomic E-state index is 0.437. The number of halogens is 1. The average Bonchev–Trinajstić information content (AvgIpc) is 3.08. The predicted octanol–water partition coefficient (Wildman–Crippen LogP) is 3.82. The zero-order valence-corrected chi connectivity index (χ0v) is 13.9. The lowest BCUT2D eigenvalue weighted by molar-refractivity contribution is 0.351. The fraction of sp³-hybridized carbons (Fsp3) is 0.375. The Morgan fingerprint density at radius 1 is 1.40 bits per heavy atom. The molecule has 1 aromatic carbocycles. The van der Waals surface area contributed by atoms with Gasteiger partial charge in [-0.05, 0) is 65.5 Å². The van der Waals surface area contributed by atoms with Gasteiger partial charge in [0.15, 0.2) is 0 Å². The van der Waals surface area contributed by atoms with Crippen LogP contribution in [0.3, 0.4) is 0 Å². The number of ether oxygens (including phenoxy) is 1. The molecular weight excluding hydrogens is 334 g/mol. The smallest absolute Gasteiger partial charge is 0.125 e. The summed E-state index contributed by atoms with van der Waals surface area (Å²) in [6, 6.07) is 7.02. The van der Waals surface area contributed by atoms with Gasteiger partial charge in [-0.3, -0.25) is 0 Å². The summed E-state index contributed by atoms with van der Waals surface area (Å²) < 4.78 is 6.97. The molecule has 0 saturated carbocycles. The molecule has 2 aromatic rings. The van der Waals surface area contributed by atoms with E-state index in [2.05, 4.69) is 50.2 Å². The maximum Gasteiger partial charge on any atom is 0.125 e. The number of fused-ring (bicyclic) bond motifs is 1. The van der Waals surface area contributed by atoms with Crippen LogP contribution in [0.1, 0.15) is 16.7 Å². The van der Waals surface area contributed by atoms with Gasteiger partial charge in [-0.15, -0.1) is 0 Å². The average molecular weight is 352 g/mol. The maximum atomic E-state index is 5.82. The summed E-state index contributed by atoms with van der Waals surface area (Å²) in [5.74, 6) is 1.11. The van der Waals surface area contributed by atoms with Gasteiger partial charge in [0, 0.05) is 16.9 Å². The van der Waals surface area contributed by atoms with E-state index in [1.165, 1.54) is 16.7 Å². The van der Waals surface area contributed by atoms with Crippen LogP contribution in [0.4, 0.5) is 0 Å². The van der Waals surface area contributed by atoms with E-state index in [-0.39, 0.29) is 0 Å². The molecule has 0 spiro atoms. The first-order valence-corrected chi connectivity index (χ1v) is 8.62. The minimum atomic E-state index is 0.437. The van der Waals surface area contributed by atoms with Gasteiger partial charge < -0.3 is 10.1 Å². The van der Waals surface area contributed by atoms with Crippen molar-refractivity contribution in [2.45, 2.75) is 25.3 Å². The molecule has 4 heteroatoms. The van der Waals surface area contributed by atoms with Crippen LogP contribution in [0.2, 0.25) is 0 Å². The minimum Gasteiger partial charge on any atom is -0.493 e. The number of nitrogens with one attached hydrogen (secondary N) is 1. The zero-order valence-electron chi connectivity index (χ0n) is 11.5. The van der Waals surface area contributed by atoms with Crippen LogP contribution in [0.25, 0.3) is 0 Å². The monoisotopic (exact) mass is 351 g/mol. The molecule has 0 fully saturated rings. The Labute approximate surface area is 132 Å². The summed E-state index contributed by atoms with van der Waals surface area (Å²) >= 11 is 5.37. The Kier molecular flexibility index (Phi) is 4.44. The summed E-state index contributed by atoms with van der Waals surface area (Å²) in [7, 11) is 2.04. The van der Waals surface area contributed by atoms with Crippen LogP contribution in [0.5, 0.6) is 5.75 Å². The van der Waals surface area contributed by atoms with Crippen LogP contribution < -0.4 is 10.1 Å². The molecule has 1 aliphatic rings. The molecule has 1 N–H and O–H groups in total.